The van der Waals surface area contributed by atoms with Gasteiger partial charge in [-0.1, -0.05) is 30.3 Å². The Labute approximate surface area is 96.7 Å². The number of hydrogen-bond donors (Lipinski definition) is 2. The fraction of sp³-hybridized carbons (Fsp3) is 0.571. The van der Waals surface area contributed by atoms with Crippen LogP contribution in [0.2, 0.25) is 0 Å². The van der Waals surface area contributed by atoms with Crippen molar-refractivity contribution < 1.29 is 5.11 Å². The normalized spacial score (nSPS) is 28.9. The van der Waals surface area contributed by atoms with E-state index in [0.717, 1.165) is 25.8 Å². The summed E-state index contributed by atoms with van der Waals surface area (Å²) in [5.74, 6) is 0. The molecule has 2 aliphatic rings. The summed E-state index contributed by atoms with van der Waals surface area (Å²) < 4.78 is 0. The SMILES string of the molecule is OC(C1CCCN1)C1(c2ccccc2)CC1. The molecule has 0 bridgehead atoms. The largest absolute Gasteiger partial charge is 0.391 e. The van der Waals surface area contributed by atoms with Gasteiger partial charge in [-0.2, -0.15) is 0 Å². The quantitative estimate of drug-likeness (QED) is 0.809. The Hall–Kier alpha value is -0.860. The van der Waals surface area contributed by atoms with E-state index in [1.165, 1.54) is 12.0 Å². The van der Waals surface area contributed by atoms with Crippen LogP contribution >= 0.6 is 0 Å². The first-order valence-corrected chi connectivity index (χ1v) is 6.30. The van der Waals surface area contributed by atoms with Gasteiger partial charge in [-0.3, -0.25) is 0 Å². The number of aliphatic hydroxyl groups excluding tert-OH is 1. The van der Waals surface area contributed by atoms with Gasteiger partial charge in [-0.15, -0.1) is 0 Å². The van der Waals surface area contributed by atoms with E-state index >= 15 is 0 Å². The first kappa shape index (κ1) is 10.3. The minimum absolute atomic E-state index is 0.0588. The highest BCUT2D eigenvalue weighted by molar-refractivity contribution is 5.33. The van der Waals surface area contributed by atoms with Gasteiger partial charge in [0, 0.05) is 11.5 Å². The molecule has 1 heterocycles. The van der Waals surface area contributed by atoms with Crippen molar-refractivity contribution in [1.82, 2.24) is 5.32 Å². The fourth-order valence-corrected chi connectivity index (χ4v) is 3.03. The van der Waals surface area contributed by atoms with E-state index in [4.69, 9.17) is 0 Å². The summed E-state index contributed by atoms with van der Waals surface area (Å²) >= 11 is 0. The molecule has 2 unspecified atom stereocenters. The van der Waals surface area contributed by atoms with E-state index in [0.29, 0.717) is 6.04 Å². The number of rotatable bonds is 3. The Morgan fingerprint density at radius 2 is 2.00 bits per heavy atom. The lowest BCUT2D eigenvalue weighted by atomic mass is 9.85. The molecule has 0 aromatic heterocycles. The van der Waals surface area contributed by atoms with E-state index in [1.54, 1.807) is 0 Å². The van der Waals surface area contributed by atoms with Crippen LogP contribution in [0.1, 0.15) is 31.2 Å². The lowest BCUT2D eigenvalue weighted by Crippen LogP contribution is -2.42. The van der Waals surface area contributed by atoms with E-state index in [9.17, 15) is 5.11 Å². The van der Waals surface area contributed by atoms with Crippen LogP contribution in [0, 0.1) is 0 Å². The third kappa shape index (κ3) is 1.57. The van der Waals surface area contributed by atoms with E-state index in [2.05, 4.69) is 29.6 Å². The third-order valence-corrected chi connectivity index (χ3v) is 4.18. The Bertz CT molecular complexity index is 352. The molecule has 3 rings (SSSR count). The molecule has 2 fully saturated rings. The molecule has 2 nitrogen and oxygen atoms in total. The molecular formula is C14H19NO. The van der Waals surface area contributed by atoms with Crippen molar-refractivity contribution in [3.63, 3.8) is 0 Å². The summed E-state index contributed by atoms with van der Waals surface area (Å²) in [6.45, 7) is 1.06. The van der Waals surface area contributed by atoms with Gasteiger partial charge in [0.25, 0.3) is 0 Å². The number of aliphatic hydroxyl groups is 1. The standard InChI is InChI=1S/C14H19NO/c16-13(12-7-4-10-15-12)14(8-9-14)11-5-2-1-3-6-11/h1-3,5-6,12-13,15-16H,4,7-10H2. The summed E-state index contributed by atoms with van der Waals surface area (Å²) in [4.78, 5) is 0. The molecule has 1 aliphatic heterocycles. The van der Waals surface area contributed by atoms with Crippen LogP contribution in [0.5, 0.6) is 0 Å². The average Bonchev–Trinajstić information content (AvgIpc) is 2.97. The maximum Gasteiger partial charge on any atom is 0.0789 e. The maximum absolute atomic E-state index is 10.5. The molecule has 0 spiro atoms. The molecule has 0 amide bonds. The molecular weight excluding hydrogens is 198 g/mol. The van der Waals surface area contributed by atoms with Crippen molar-refractivity contribution in [1.29, 1.82) is 0 Å². The van der Waals surface area contributed by atoms with Crippen molar-refractivity contribution in [2.75, 3.05) is 6.54 Å². The van der Waals surface area contributed by atoms with Gasteiger partial charge in [-0.25, -0.2) is 0 Å². The van der Waals surface area contributed by atoms with Crippen molar-refractivity contribution in [2.24, 2.45) is 0 Å². The van der Waals surface area contributed by atoms with Gasteiger partial charge in [0.2, 0.25) is 0 Å². The topological polar surface area (TPSA) is 32.3 Å². The summed E-state index contributed by atoms with van der Waals surface area (Å²) in [5, 5.41) is 14.0. The lowest BCUT2D eigenvalue weighted by molar-refractivity contribution is 0.0959. The molecule has 1 saturated carbocycles. The van der Waals surface area contributed by atoms with E-state index in [1.807, 2.05) is 6.07 Å². The number of hydrogen-bond acceptors (Lipinski definition) is 2. The van der Waals surface area contributed by atoms with Crippen LogP contribution in [0.4, 0.5) is 0 Å². The summed E-state index contributed by atoms with van der Waals surface area (Å²) in [5.41, 5.74) is 1.37. The van der Waals surface area contributed by atoms with Crippen molar-refractivity contribution in [2.45, 2.75) is 43.2 Å². The maximum atomic E-state index is 10.5. The van der Waals surface area contributed by atoms with Crippen LogP contribution in [-0.2, 0) is 5.41 Å². The zero-order valence-electron chi connectivity index (χ0n) is 9.52. The van der Waals surface area contributed by atoms with Crippen molar-refractivity contribution >= 4 is 0 Å². The van der Waals surface area contributed by atoms with Gasteiger partial charge in [0.05, 0.1) is 6.10 Å². The molecule has 2 heteroatoms. The van der Waals surface area contributed by atoms with Gasteiger partial charge in [0.15, 0.2) is 0 Å². The fourth-order valence-electron chi connectivity index (χ4n) is 3.03. The predicted molar refractivity (Wildman–Crippen MR) is 64.4 cm³/mol. The monoisotopic (exact) mass is 217 g/mol. The highest BCUT2D eigenvalue weighted by Crippen LogP contribution is 2.52. The average molecular weight is 217 g/mol. The summed E-state index contributed by atoms with van der Waals surface area (Å²) in [6.07, 6.45) is 4.38. The van der Waals surface area contributed by atoms with Crippen LogP contribution in [-0.4, -0.2) is 23.8 Å². The second-order valence-electron chi connectivity index (χ2n) is 5.17. The minimum Gasteiger partial charge on any atom is -0.391 e. The van der Waals surface area contributed by atoms with Crippen LogP contribution in [0.25, 0.3) is 0 Å². The van der Waals surface area contributed by atoms with Crippen LogP contribution < -0.4 is 5.32 Å². The highest BCUT2D eigenvalue weighted by atomic mass is 16.3. The molecule has 0 radical (unpaired) electrons. The van der Waals surface area contributed by atoms with Gasteiger partial charge >= 0.3 is 0 Å². The summed E-state index contributed by atoms with van der Waals surface area (Å²) in [6, 6.07) is 10.8. The zero-order valence-corrected chi connectivity index (χ0v) is 9.52. The van der Waals surface area contributed by atoms with Gasteiger partial charge in [-0.05, 0) is 37.8 Å². The Kier molecular flexibility index (Phi) is 2.49. The summed E-state index contributed by atoms with van der Waals surface area (Å²) in [7, 11) is 0. The number of benzene rings is 1. The second-order valence-corrected chi connectivity index (χ2v) is 5.17. The van der Waals surface area contributed by atoms with E-state index in [-0.39, 0.29) is 11.5 Å². The Balaban J connectivity index is 1.82. The molecule has 1 aromatic carbocycles. The molecule has 1 aliphatic carbocycles. The van der Waals surface area contributed by atoms with Crippen molar-refractivity contribution in [3.8, 4) is 0 Å². The van der Waals surface area contributed by atoms with E-state index < -0.39 is 0 Å². The predicted octanol–water partition coefficient (Wildman–Crippen LogP) is 1.83. The third-order valence-electron chi connectivity index (χ3n) is 4.18. The zero-order chi connectivity index (χ0) is 11.0. The lowest BCUT2D eigenvalue weighted by Gasteiger charge is -2.28. The van der Waals surface area contributed by atoms with Crippen LogP contribution in [0.15, 0.2) is 30.3 Å². The Morgan fingerprint density at radius 3 is 2.56 bits per heavy atom. The Morgan fingerprint density at radius 1 is 1.25 bits per heavy atom. The molecule has 16 heavy (non-hydrogen) atoms. The first-order valence-electron chi connectivity index (χ1n) is 6.30. The first-order chi connectivity index (χ1) is 7.83. The molecule has 1 aromatic rings. The van der Waals surface area contributed by atoms with Crippen LogP contribution in [0.3, 0.4) is 0 Å². The minimum atomic E-state index is -0.211. The molecule has 2 N–H and O–H groups in total. The molecule has 2 atom stereocenters. The molecule has 86 valence electrons. The van der Waals surface area contributed by atoms with Crippen molar-refractivity contribution in [3.05, 3.63) is 35.9 Å². The van der Waals surface area contributed by atoms with Gasteiger partial charge in [0.1, 0.15) is 0 Å². The smallest absolute Gasteiger partial charge is 0.0789 e. The van der Waals surface area contributed by atoms with Gasteiger partial charge < -0.3 is 10.4 Å². The number of nitrogens with one attached hydrogen (secondary N) is 1. The highest BCUT2D eigenvalue weighted by Gasteiger charge is 2.52. The second kappa shape index (κ2) is 3.86. The molecule has 1 saturated heterocycles.